The van der Waals surface area contributed by atoms with Crippen LogP contribution >= 0.6 is 0 Å². The molecule has 3 heterocycles. The number of aryl methyl sites for hydroxylation is 1. The first kappa shape index (κ1) is 27.6. The molecule has 3 aromatic heterocycles. The molecule has 0 radical (unpaired) electrons. The van der Waals surface area contributed by atoms with Crippen LogP contribution in [-0.2, 0) is 11.8 Å². The molecule has 1 aliphatic rings. The summed E-state index contributed by atoms with van der Waals surface area (Å²) >= 11 is 0. The van der Waals surface area contributed by atoms with Crippen molar-refractivity contribution in [1.29, 1.82) is 0 Å². The van der Waals surface area contributed by atoms with E-state index in [1.807, 2.05) is 16.8 Å². The SMILES string of the molecule is CC(C)N(CCCCc1nc2cc(C(C)(C)C)ccc2[nH]1)CC1C[C@@H](n2ccc3c(N)ncnc32)[C@H](O)[C@@H]1O. The Labute approximate surface area is 230 Å². The Morgan fingerprint density at radius 2 is 1.92 bits per heavy atom. The summed E-state index contributed by atoms with van der Waals surface area (Å²) in [7, 11) is 0. The summed E-state index contributed by atoms with van der Waals surface area (Å²) in [5, 5.41) is 22.7. The van der Waals surface area contributed by atoms with Crippen LogP contribution in [0.3, 0.4) is 0 Å². The number of nitrogens with two attached hydrogens (primary N) is 1. The third kappa shape index (κ3) is 5.66. The number of nitrogen functional groups attached to an aromatic ring is 1. The van der Waals surface area contributed by atoms with Crippen molar-refractivity contribution >= 4 is 27.9 Å². The van der Waals surface area contributed by atoms with Crippen molar-refractivity contribution in [1.82, 2.24) is 29.4 Å². The number of aliphatic hydroxyl groups excluding tert-OH is 2. The van der Waals surface area contributed by atoms with Gasteiger partial charge in [-0.2, -0.15) is 0 Å². The molecule has 210 valence electrons. The van der Waals surface area contributed by atoms with Crippen LogP contribution in [0.4, 0.5) is 5.82 Å². The van der Waals surface area contributed by atoms with Crippen LogP contribution in [0.2, 0.25) is 0 Å². The number of unbranched alkanes of at least 4 members (excludes halogenated alkanes) is 1. The number of aliphatic hydroxyl groups is 2. The minimum Gasteiger partial charge on any atom is -0.390 e. The summed E-state index contributed by atoms with van der Waals surface area (Å²) < 4.78 is 1.94. The zero-order chi connectivity index (χ0) is 27.9. The molecule has 4 aromatic rings. The van der Waals surface area contributed by atoms with Crippen LogP contribution in [0, 0.1) is 5.92 Å². The van der Waals surface area contributed by atoms with Crippen LogP contribution in [0.1, 0.15) is 71.3 Å². The summed E-state index contributed by atoms with van der Waals surface area (Å²) in [6, 6.07) is 8.49. The highest BCUT2D eigenvalue weighted by atomic mass is 16.3. The molecule has 1 unspecified atom stereocenters. The van der Waals surface area contributed by atoms with Crippen LogP contribution in [0.15, 0.2) is 36.8 Å². The molecule has 1 aromatic carbocycles. The highest BCUT2D eigenvalue weighted by Gasteiger charge is 2.43. The molecule has 4 atom stereocenters. The van der Waals surface area contributed by atoms with Gasteiger partial charge in [-0.15, -0.1) is 0 Å². The van der Waals surface area contributed by atoms with Crippen molar-refractivity contribution in [2.75, 3.05) is 18.8 Å². The van der Waals surface area contributed by atoms with Gasteiger partial charge in [0.2, 0.25) is 0 Å². The lowest BCUT2D eigenvalue weighted by atomic mass is 9.87. The van der Waals surface area contributed by atoms with Gasteiger partial charge < -0.3 is 30.4 Å². The highest BCUT2D eigenvalue weighted by Crippen LogP contribution is 2.38. The van der Waals surface area contributed by atoms with Crippen molar-refractivity contribution < 1.29 is 10.2 Å². The topological polar surface area (TPSA) is 129 Å². The van der Waals surface area contributed by atoms with Gasteiger partial charge in [-0.25, -0.2) is 15.0 Å². The lowest BCUT2D eigenvalue weighted by Gasteiger charge is -2.30. The van der Waals surface area contributed by atoms with Gasteiger partial charge in [0, 0.05) is 31.1 Å². The Kier molecular flexibility index (Phi) is 7.68. The van der Waals surface area contributed by atoms with Gasteiger partial charge >= 0.3 is 0 Å². The minimum absolute atomic E-state index is 0.0311. The molecular weight excluding hydrogens is 490 g/mol. The number of aromatic nitrogens is 5. The third-order valence-corrected chi connectivity index (χ3v) is 8.38. The summed E-state index contributed by atoms with van der Waals surface area (Å²) in [6.07, 6.45) is 5.34. The zero-order valence-electron chi connectivity index (χ0n) is 23.8. The van der Waals surface area contributed by atoms with E-state index in [1.54, 1.807) is 0 Å². The molecule has 5 rings (SSSR count). The second-order valence-electron chi connectivity index (χ2n) is 12.5. The monoisotopic (exact) mass is 533 g/mol. The maximum absolute atomic E-state index is 11.0. The van der Waals surface area contributed by atoms with E-state index in [1.165, 1.54) is 11.9 Å². The smallest absolute Gasteiger partial charge is 0.145 e. The van der Waals surface area contributed by atoms with Crippen LogP contribution in [-0.4, -0.2) is 71.0 Å². The summed E-state index contributed by atoms with van der Waals surface area (Å²) in [5.74, 6) is 1.43. The maximum atomic E-state index is 11.0. The Hall–Kier alpha value is -3.01. The van der Waals surface area contributed by atoms with Gasteiger partial charge in [0.05, 0.1) is 28.6 Å². The molecule has 0 bridgehead atoms. The van der Waals surface area contributed by atoms with E-state index in [4.69, 9.17) is 10.7 Å². The molecular formula is C30H43N7O2. The van der Waals surface area contributed by atoms with E-state index in [-0.39, 0.29) is 17.4 Å². The standard InChI is InChI=1S/C30H43N7O2/c1-18(2)36(12-7-6-8-25-34-22-10-9-20(30(3,4)5)15-23(22)35-25)16-19-14-24(27(39)26(19)38)37-13-11-21-28(31)32-17-33-29(21)37/h9-11,13,15,17-19,24,26-27,38-39H,6-8,12,14,16H2,1-5H3,(H,34,35)(H2,31,32,33)/t19?,24-,26-,27+/m1/s1. The largest absolute Gasteiger partial charge is 0.390 e. The van der Waals surface area contributed by atoms with Gasteiger partial charge in [0.25, 0.3) is 0 Å². The molecule has 1 fully saturated rings. The van der Waals surface area contributed by atoms with Gasteiger partial charge in [-0.05, 0) is 68.8 Å². The first-order chi connectivity index (χ1) is 18.5. The first-order valence-corrected chi connectivity index (χ1v) is 14.2. The first-order valence-electron chi connectivity index (χ1n) is 14.2. The molecule has 1 saturated carbocycles. The summed E-state index contributed by atoms with van der Waals surface area (Å²) in [4.78, 5) is 19.2. The van der Waals surface area contributed by atoms with Crippen molar-refractivity contribution in [3.63, 3.8) is 0 Å². The summed E-state index contributed by atoms with van der Waals surface area (Å²) in [5.41, 5.74) is 10.2. The predicted octanol–water partition coefficient (Wildman–Crippen LogP) is 4.20. The Bertz CT molecular complexity index is 1420. The van der Waals surface area contributed by atoms with Crippen molar-refractivity contribution in [2.45, 2.75) is 90.0 Å². The molecule has 39 heavy (non-hydrogen) atoms. The molecule has 9 nitrogen and oxygen atoms in total. The maximum Gasteiger partial charge on any atom is 0.145 e. The number of H-pyrrole nitrogens is 1. The van der Waals surface area contributed by atoms with Crippen molar-refractivity contribution in [2.24, 2.45) is 5.92 Å². The van der Waals surface area contributed by atoms with Gasteiger partial charge in [-0.3, -0.25) is 0 Å². The Balaban J connectivity index is 1.18. The average molecular weight is 534 g/mol. The molecule has 0 spiro atoms. The molecule has 9 heteroatoms. The molecule has 0 aliphatic heterocycles. The van der Waals surface area contributed by atoms with Gasteiger partial charge in [0.1, 0.15) is 29.7 Å². The number of anilines is 1. The third-order valence-electron chi connectivity index (χ3n) is 8.38. The lowest BCUT2D eigenvalue weighted by Crippen LogP contribution is -2.40. The van der Waals surface area contributed by atoms with E-state index in [9.17, 15) is 10.2 Å². The van der Waals surface area contributed by atoms with Crippen LogP contribution in [0.5, 0.6) is 0 Å². The van der Waals surface area contributed by atoms with E-state index in [2.05, 4.69) is 72.7 Å². The number of aromatic amines is 1. The van der Waals surface area contributed by atoms with Crippen molar-refractivity contribution in [3.05, 3.63) is 48.2 Å². The zero-order valence-corrected chi connectivity index (χ0v) is 23.8. The fraction of sp³-hybridized carbons (Fsp3) is 0.567. The number of hydrogen-bond donors (Lipinski definition) is 4. The lowest BCUT2D eigenvalue weighted by molar-refractivity contribution is -0.00171. The van der Waals surface area contributed by atoms with E-state index < -0.39 is 12.2 Å². The Morgan fingerprint density at radius 1 is 1.13 bits per heavy atom. The molecule has 0 saturated heterocycles. The molecule has 5 N–H and O–H groups in total. The number of rotatable bonds is 9. The van der Waals surface area contributed by atoms with E-state index >= 15 is 0 Å². The number of hydrogen-bond acceptors (Lipinski definition) is 7. The predicted molar refractivity (Wildman–Crippen MR) is 156 cm³/mol. The Morgan fingerprint density at radius 3 is 2.67 bits per heavy atom. The fourth-order valence-corrected chi connectivity index (χ4v) is 5.93. The number of nitrogens with one attached hydrogen (secondary N) is 1. The number of nitrogens with zero attached hydrogens (tertiary/aromatic N) is 5. The normalized spacial score (nSPS) is 22.2. The van der Waals surface area contributed by atoms with E-state index in [0.29, 0.717) is 23.9 Å². The van der Waals surface area contributed by atoms with E-state index in [0.717, 1.165) is 54.6 Å². The second kappa shape index (κ2) is 10.9. The van der Waals surface area contributed by atoms with Crippen LogP contribution in [0.25, 0.3) is 22.1 Å². The summed E-state index contributed by atoms with van der Waals surface area (Å²) in [6.45, 7) is 12.7. The molecule has 0 amide bonds. The fourth-order valence-electron chi connectivity index (χ4n) is 5.93. The number of fused-ring (bicyclic) bond motifs is 2. The highest BCUT2D eigenvalue weighted by molar-refractivity contribution is 5.86. The van der Waals surface area contributed by atoms with Crippen LogP contribution < -0.4 is 5.73 Å². The van der Waals surface area contributed by atoms with Crippen molar-refractivity contribution in [3.8, 4) is 0 Å². The molecule has 1 aliphatic carbocycles. The average Bonchev–Trinajstić information content (AvgIpc) is 3.57. The quantitative estimate of drug-likeness (QED) is 0.237. The van der Waals surface area contributed by atoms with Gasteiger partial charge in [0.15, 0.2) is 0 Å². The minimum atomic E-state index is -0.859. The second-order valence-corrected chi connectivity index (χ2v) is 12.5. The number of benzene rings is 1. The van der Waals surface area contributed by atoms with Gasteiger partial charge in [-0.1, -0.05) is 26.8 Å². The number of imidazole rings is 1.